The van der Waals surface area contributed by atoms with Crippen molar-refractivity contribution < 1.29 is 9.53 Å². The number of amides is 1. The van der Waals surface area contributed by atoms with E-state index in [0.717, 1.165) is 42.6 Å². The summed E-state index contributed by atoms with van der Waals surface area (Å²) in [5.74, 6) is -0.265. The maximum Gasteiger partial charge on any atom is 0.262 e. The third kappa shape index (κ3) is 4.07. The van der Waals surface area contributed by atoms with E-state index >= 15 is 0 Å². The largest absolute Gasteiger partial charge is 0.383 e. The highest BCUT2D eigenvalue weighted by Crippen LogP contribution is 2.23. The van der Waals surface area contributed by atoms with E-state index in [1.54, 1.807) is 13.2 Å². The molecule has 0 radical (unpaired) electrons. The lowest BCUT2D eigenvalue weighted by molar-refractivity contribution is -0.117. The average Bonchev–Trinajstić information content (AvgIpc) is 3.13. The Morgan fingerprint density at radius 3 is 2.75 bits per heavy atom. The molecular weight excluding hydrogens is 302 g/mol. The van der Waals surface area contributed by atoms with E-state index in [1.807, 2.05) is 26.0 Å². The van der Waals surface area contributed by atoms with Crippen LogP contribution in [0.3, 0.4) is 0 Å². The highest BCUT2D eigenvalue weighted by Gasteiger charge is 2.20. The first kappa shape index (κ1) is 18.3. The fourth-order valence-electron chi connectivity index (χ4n) is 3.58. The molecule has 5 heteroatoms. The molecule has 1 aliphatic rings. The molecule has 0 aromatic carbocycles. The summed E-state index contributed by atoms with van der Waals surface area (Å²) in [7, 11) is 1.69. The van der Waals surface area contributed by atoms with Crippen LogP contribution in [0.1, 0.15) is 55.6 Å². The molecule has 2 rings (SSSR count). The van der Waals surface area contributed by atoms with Crippen LogP contribution in [0, 0.1) is 25.2 Å². The zero-order valence-corrected chi connectivity index (χ0v) is 15.1. The van der Waals surface area contributed by atoms with Gasteiger partial charge in [-0.2, -0.15) is 5.26 Å². The van der Waals surface area contributed by atoms with Gasteiger partial charge < -0.3 is 14.6 Å². The normalized spacial score (nSPS) is 16.9. The molecule has 0 aliphatic heterocycles. The van der Waals surface area contributed by atoms with E-state index in [-0.39, 0.29) is 23.6 Å². The molecule has 1 unspecified atom stereocenters. The molecule has 0 bridgehead atoms. The first-order valence-electron chi connectivity index (χ1n) is 8.58. The van der Waals surface area contributed by atoms with E-state index in [0.29, 0.717) is 6.61 Å². The molecule has 24 heavy (non-hydrogen) atoms. The first-order valence-corrected chi connectivity index (χ1v) is 8.58. The lowest BCUT2D eigenvalue weighted by atomic mass is 10.1. The lowest BCUT2D eigenvalue weighted by Gasteiger charge is -2.17. The maximum absolute atomic E-state index is 12.3. The second kappa shape index (κ2) is 8.16. The fourth-order valence-corrected chi connectivity index (χ4v) is 3.58. The van der Waals surface area contributed by atoms with Crippen LogP contribution in [-0.2, 0) is 9.53 Å². The summed E-state index contributed by atoms with van der Waals surface area (Å²) >= 11 is 0. The van der Waals surface area contributed by atoms with Gasteiger partial charge in [0.25, 0.3) is 5.91 Å². The van der Waals surface area contributed by atoms with Crippen LogP contribution in [0.25, 0.3) is 6.08 Å². The molecule has 130 valence electrons. The number of carbonyl (C=O) groups is 1. The number of aryl methyl sites for hydroxylation is 1. The van der Waals surface area contributed by atoms with E-state index in [2.05, 4.69) is 16.8 Å². The van der Waals surface area contributed by atoms with E-state index in [1.165, 1.54) is 0 Å². The van der Waals surface area contributed by atoms with Crippen LogP contribution in [0.4, 0.5) is 0 Å². The van der Waals surface area contributed by atoms with Gasteiger partial charge in [0.1, 0.15) is 11.6 Å². The number of hydrogen-bond acceptors (Lipinski definition) is 3. The Hall–Kier alpha value is -2.06. The number of ether oxygens (including phenoxy) is 1. The molecule has 1 aromatic rings. The van der Waals surface area contributed by atoms with E-state index in [9.17, 15) is 10.1 Å². The van der Waals surface area contributed by atoms with Gasteiger partial charge in [-0.25, -0.2) is 0 Å². The van der Waals surface area contributed by atoms with Crippen molar-refractivity contribution in [3.05, 3.63) is 28.6 Å². The molecule has 1 saturated carbocycles. The predicted molar refractivity (Wildman–Crippen MR) is 94.5 cm³/mol. The number of nitriles is 1. The van der Waals surface area contributed by atoms with Gasteiger partial charge in [-0.05, 0) is 51.3 Å². The maximum atomic E-state index is 12.3. The van der Waals surface area contributed by atoms with Gasteiger partial charge in [0.15, 0.2) is 0 Å². The van der Waals surface area contributed by atoms with E-state index in [4.69, 9.17) is 4.74 Å². The molecule has 5 nitrogen and oxygen atoms in total. The number of hydrogen-bond donors (Lipinski definition) is 1. The highest BCUT2D eigenvalue weighted by molar-refractivity contribution is 6.02. The first-order chi connectivity index (χ1) is 11.5. The molecule has 1 aliphatic carbocycles. The monoisotopic (exact) mass is 329 g/mol. The van der Waals surface area contributed by atoms with Gasteiger partial charge >= 0.3 is 0 Å². The Balaban J connectivity index is 2.23. The van der Waals surface area contributed by atoms with E-state index < -0.39 is 0 Å². The number of nitrogens with one attached hydrogen (secondary N) is 1. The Morgan fingerprint density at radius 1 is 1.50 bits per heavy atom. The van der Waals surface area contributed by atoms with Crippen molar-refractivity contribution in [1.82, 2.24) is 9.88 Å². The molecule has 0 spiro atoms. The summed E-state index contributed by atoms with van der Waals surface area (Å²) in [4.78, 5) is 12.3. The van der Waals surface area contributed by atoms with Crippen molar-refractivity contribution in [2.75, 3.05) is 13.7 Å². The van der Waals surface area contributed by atoms with Crippen molar-refractivity contribution >= 4 is 12.0 Å². The molecule has 0 saturated heterocycles. The Morgan fingerprint density at radius 2 is 2.17 bits per heavy atom. The van der Waals surface area contributed by atoms with Crippen LogP contribution in [0.15, 0.2) is 11.6 Å². The smallest absolute Gasteiger partial charge is 0.262 e. The Labute approximate surface area is 144 Å². The molecule has 1 amide bonds. The van der Waals surface area contributed by atoms with Gasteiger partial charge in [0.2, 0.25) is 0 Å². The van der Waals surface area contributed by atoms with Gasteiger partial charge in [-0.3, -0.25) is 4.79 Å². The molecule has 1 fully saturated rings. The lowest BCUT2D eigenvalue weighted by Crippen LogP contribution is -2.33. The van der Waals surface area contributed by atoms with Crippen LogP contribution in [0.5, 0.6) is 0 Å². The topological polar surface area (TPSA) is 67.0 Å². The average molecular weight is 329 g/mol. The van der Waals surface area contributed by atoms with Crippen molar-refractivity contribution in [2.24, 2.45) is 0 Å². The van der Waals surface area contributed by atoms with Crippen molar-refractivity contribution in [3.8, 4) is 6.07 Å². The zero-order chi connectivity index (χ0) is 17.7. The standard InChI is InChI=1S/C19H27N3O2/c1-13-9-16(15(3)22(13)14(2)12-24-4)10-17(11-20)19(23)21-18-7-5-6-8-18/h9-10,14,18H,5-8,12H2,1-4H3,(H,21,23)/b17-10+. The Bertz CT molecular complexity index is 661. The molecular formula is C19H27N3O2. The van der Waals surface area contributed by atoms with Crippen molar-refractivity contribution in [3.63, 3.8) is 0 Å². The molecule has 1 heterocycles. The second-order valence-electron chi connectivity index (χ2n) is 6.63. The number of methoxy groups -OCH3 is 1. The summed E-state index contributed by atoms with van der Waals surface area (Å²) < 4.78 is 7.42. The summed E-state index contributed by atoms with van der Waals surface area (Å²) in [6.07, 6.45) is 6.01. The third-order valence-electron chi connectivity index (χ3n) is 4.73. The van der Waals surface area contributed by atoms with Gasteiger partial charge in [0.05, 0.1) is 12.6 Å². The minimum absolute atomic E-state index is 0.168. The summed E-state index contributed by atoms with van der Waals surface area (Å²) in [5, 5.41) is 12.4. The quantitative estimate of drug-likeness (QED) is 0.643. The SMILES string of the molecule is COCC(C)n1c(C)cc(/C=C(\C#N)C(=O)NC2CCCC2)c1C. The van der Waals surface area contributed by atoms with Crippen molar-refractivity contribution in [1.29, 1.82) is 5.26 Å². The second-order valence-corrected chi connectivity index (χ2v) is 6.63. The van der Waals surface area contributed by atoms with Gasteiger partial charge in [-0.1, -0.05) is 12.8 Å². The minimum Gasteiger partial charge on any atom is -0.383 e. The summed E-state index contributed by atoms with van der Waals surface area (Å²) in [5.41, 5.74) is 3.21. The van der Waals surface area contributed by atoms with Crippen LogP contribution in [0.2, 0.25) is 0 Å². The van der Waals surface area contributed by atoms with Gasteiger partial charge in [-0.15, -0.1) is 0 Å². The number of aromatic nitrogens is 1. The Kier molecular flexibility index (Phi) is 6.22. The summed E-state index contributed by atoms with van der Waals surface area (Å²) in [6.45, 7) is 6.75. The van der Waals surface area contributed by atoms with Crippen molar-refractivity contribution in [2.45, 2.75) is 58.5 Å². The molecule has 1 aromatic heterocycles. The van der Waals surface area contributed by atoms with Crippen LogP contribution >= 0.6 is 0 Å². The highest BCUT2D eigenvalue weighted by atomic mass is 16.5. The molecule has 1 atom stereocenters. The van der Waals surface area contributed by atoms with Crippen LogP contribution in [-0.4, -0.2) is 30.2 Å². The molecule has 1 N–H and O–H groups in total. The minimum atomic E-state index is -0.265. The third-order valence-corrected chi connectivity index (χ3v) is 4.73. The number of carbonyl (C=O) groups excluding carboxylic acids is 1. The zero-order valence-electron chi connectivity index (χ0n) is 15.1. The van der Waals surface area contributed by atoms with Crippen LogP contribution < -0.4 is 5.32 Å². The fraction of sp³-hybridized carbons (Fsp3) is 0.579. The number of rotatable bonds is 6. The van der Waals surface area contributed by atoms with Gasteiger partial charge in [0, 0.05) is 24.5 Å². The number of nitrogens with zero attached hydrogens (tertiary/aromatic N) is 2. The predicted octanol–water partition coefficient (Wildman–Crippen LogP) is 3.28. The summed E-state index contributed by atoms with van der Waals surface area (Å²) in [6, 6.07) is 4.48.